The van der Waals surface area contributed by atoms with E-state index >= 15 is 0 Å². The number of fused-ring (bicyclic) bond motifs is 1. The number of rotatable bonds is 6. The molecule has 0 saturated carbocycles. The van der Waals surface area contributed by atoms with Crippen LogP contribution in [0.25, 0.3) is 34.2 Å². The van der Waals surface area contributed by atoms with E-state index in [9.17, 15) is 9.80 Å². The number of hydrogen-bond donors (Lipinski definition) is 2. The Bertz CT molecular complexity index is 2000. The third kappa shape index (κ3) is 6.57. The fourth-order valence-corrected chi connectivity index (χ4v) is 6.21. The second kappa shape index (κ2) is 13.8. The average molecular weight is 615 g/mol. The molecule has 1 unspecified atom stereocenters. The Labute approximate surface area is 277 Å². The van der Waals surface area contributed by atoms with Crippen molar-refractivity contribution in [1.82, 2.24) is 5.32 Å². The summed E-state index contributed by atoms with van der Waals surface area (Å²) >= 11 is 0. The molecule has 0 bridgehead atoms. The molecule has 0 radical (unpaired) electrons. The van der Waals surface area contributed by atoms with Crippen molar-refractivity contribution in [1.29, 1.82) is 5.41 Å². The lowest BCUT2D eigenvalue weighted by atomic mass is 9.77. The highest BCUT2D eigenvalue weighted by Crippen LogP contribution is 2.38. The molecule has 1 heterocycles. The first-order valence-electron chi connectivity index (χ1n) is 16.3. The molecule has 5 aromatic carbocycles. The lowest BCUT2D eigenvalue weighted by Gasteiger charge is -2.28. The van der Waals surface area contributed by atoms with Crippen molar-refractivity contribution in [2.24, 2.45) is 0 Å². The Balaban J connectivity index is 0.00000190. The molecule has 1 aliphatic carbocycles. The first kappa shape index (κ1) is 31.4. The quantitative estimate of drug-likeness (QED) is 0.183. The van der Waals surface area contributed by atoms with Gasteiger partial charge >= 0.3 is 0 Å². The van der Waals surface area contributed by atoms with Crippen LogP contribution in [0, 0.1) is 11.2 Å². The number of benzene rings is 5. The molecule has 232 valence electrons. The molecule has 2 N–H and O–H groups in total. The summed E-state index contributed by atoms with van der Waals surface area (Å²) in [6.07, 6.45) is 11.6. The van der Waals surface area contributed by atoms with Crippen LogP contribution in [0.3, 0.4) is 0 Å². The zero-order chi connectivity index (χ0) is 32.8. The lowest BCUT2D eigenvalue weighted by molar-refractivity contribution is 0.600. The fraction of sp³-hybridized carbons (Fsp3) is 0.114. The minimum Gasteiger partial charge on any atom is -0.354 e. The zero-order valence-corrected chi connectivity index (χ0v) is 27.1. The van der Waals surface area contributed by atoms with Crippen LogP contribution in [0.15, 0.2) is 152 Å². The first-order valence-corrected chi connectivity index (χ1v) is 16.3. The summed E-state index contributed by atoms with van der Waals surface area (Å²) in [5.74, 6) is -0.317. The number of halogens is 1. The van der Waals surface area contributed by atoms with Crippen molar-refractivity contribution in [2.75, 3.05) is 0 Å². The van der Waals surface area contributed by atoms with E-state index in [1.165, 1.54) is 11.6 Å². The molecule has 2 nitrogen and oxygen atoms in total. The maximum atomic E-state index is 14.8. The van der Waals surface area contributed by atoms with Gasteiger partial charge in [0.1, 0.15) is 5.82 Å². The van der Waals surface area contributed by atoms with Crippen LogP contribution in [-0.2, 0) is 5.41 Å². The SMILES string of the molecule is CC.CC1(c2ccc(/C(C(=N)c3ccc(-c4ccccc4)cc3)=C3/NC(c4ccccc4)=Cc4ccc(F)cc43)cc2)C=CC=CC1. The molecule has 0 aromatic heterocycles. The van der Waals surface area contributed by atoms with Gasteiger partial charge in [0.25, 0.3) is 0 Å². The maximum Gasteiger partial charge on any atom is 0.123 e. The van der Waals surface area contributed by atoms with Crippen LogP contribution in [0.4, 0.5) is 4.39 Å². The van der Waals surface area contributed by atoms with Gasteiger partial charge in [-0.05, 0) is 58.0 Å². The Kier molecular flexibility index (Phi) is 9.26. The third-order valence-corrected chi connectivity index (χ3v) is 8.80. The maximum absolute atomic E-state index is 14.8. The smallest absolute Gasteiger partial charge is 0.123 e. The number of allylic oxidation sites excluding steroid dienone is 5. The number of hydrogen-bond acceptors (Lipinski definition) is 2. The summed E-state index contributed by atoms with van der Waals surface area (Å²) in [5.41, 5.74) is 10.3. The molecule has 2 aliphatic rings. The van der Waals surface area contributed by atoms with Gasteiger partial charge in [-0.1, -0.05) is 160 Å². The van der Waals surface area contributed by atoms with Crippen LogP contribution < -0.4 is 5.32 Å². The van der Waals surface area contributed by atoms with Gasteiger partial charge < -0.3 is 5.32 Å². The molecule has 0 amide bonds. The van der Waals surface area contributed by atoms with Gasteiger partial charge in [0.15, 0.2) is 0 Å². The zero-order valence-electron chi connectivity index (χ0n) is 27.1. The second-order valence-corrected chi connectivity index (χ2v) is 11.8. The largest absolute Gasteiger partial charge is 0.354 e. The molecule has 3 heteroatoms. The average Bonchev–Trinajstić information content (AvgIpc) is 3.14. The van der Waals surface area contributed by atoms with Gasteiger partial charge in [0.05, 0.1) is 11.4 Å². The molecule has 0 spiro atoms. The molecular weight excluding hydrogens is 575 g/mol. The third-order valence-electron chi connectivity index (χ3n) is 8.80. The highest BCUT2D eigenvalue weighted by Gasteiger charge is 2.26. The van der Waals surface area contributed by atoms with E-state index in [-0.39, 0.29) is 11.2 Å². The predicted molar refractivity (Wildman–Crippen MR) is 197 cm³/mol. The van der Waals surface area contributed by atoms with Gasteiger partial charge in [-0.25, -0.2) is 4.39 Å². The van der Waals surface area contributed by atoms with E-state index in [1.807, 2.05) is 68.4 Å². The van der Waals surface area contributed by atoms with Crippen LogP contribution in [0.5, 0.6) is 0 Å². The van der Waals surface area contributed by atoms with E-state index in [0.717, 1.165) is 51.1 Å². The van der Waals surface area contributed by atoms with Crippen molar-refractivity contribution < 1.29 is 4.39 Å². The summed E-state index contributed by atoms with van der Waals surface area (Å²) in [6, 6.07) is 41.9. The molecule has 0 fully saturated rings. The van der Waals surface area contributed by atoms with Crippen molar-refractivity contribution in [3.8, 4) is 11.1 Å². The Morgan fingerprint density at radius 2 is 1.32 bits per heavy atom. The van der Waals surface area contributed by atoms with Crippen LogP contribution in [0.2, 0.25) is 0 Å². The number of nitrogens with one attached hydrogen (secondary N) is 2. The molecule has 47 heavy (non-hydrogen) atoms. The fourth-order valence-electron chi connectivity index (χ4n) is 6.21. The molecule has 5 aromatic rings. The van der Waals surface area contributed by atoms with Crippen molar-refractivity contribution in [2.45, 2.75) is 32.6 Å². The van der Waals surface area contributed by atoms with E-state index in [4.69, 9.17) is 0 Å². The summed E-state index contributed by atoms with van der Waals surface area (Å²) in [4.78, 5) is 0. The molecule has 0 saturated heterocycles. The monoisotopic (exact) mass is 614 g/mol. The summed E-state index contributed by atoms with van der Waals surface area (Å²) < 4.78 is 14.8. The van der Waals surface area contributed by atoms with E-state index in [0.29, 0.717) is 17.0 Å². The minimum absolute atomic E-state index is 0.0939. The van der Waals surface area contributed by atoms with Crippen molar-refractivity contribution in [3.05, 3.63) is 191 Å². The molecule has 1 aliphatic heterocycles. The van der Waals surface area contributed by atoms with Crippen LogP contribution in [0.1, 0.15) is 60.6 Å². The minimum atomic E-state index is -0.317. The molecule has 1 atom stereocenters. The van der Waals surface area contributed by atoms with Gasteiger partial charge in [-0.2, -0.15) is 0 Å². The molecule has 7 rings (SSSR count). The van der Waals surface area contributed by atoms with Crippen LogP contribution in [-0.4, -0.2) is 5.71 Å². The van der Waals surface area contributed by atoms with Crippen molar-refractivity contribution >= 4 is 28.8 Å². The normalized spacial score (nSPS) is 17.4. The van der Waals surface area contributed by atoms with E-state index in [2.05, 4.69) is 103 Å². The Morgan fingerprint density at radius 3 is 1.96 bits per heavy atom. The summed E-state index contributed by atoms with van der Waals surface area (Å²) in [5, 5.41) is 13.3. The van der Waals surface area contributed by atoms with Crippen molar-refractivity contribution in [3.63, 3.8) is 0 Å². The van der Waals surface area contributed by atoms with Gasteiger partial charge in [-0.15, -0.1) is 0 Å². The highest BCUT2D eigenvalue weighted by molar-refractivity contribution is 6.36. The summed E-state index contributed by atoms with van der Waals surface area (Å²) in [7, 11) is 0. The Hall–Kier alpha value is -5.54. The lowest BCUT2D eigenvalue weighted by Crippen LogP contribution is -2.21. The summed E-state index contributed by atoms with van der Waals surface area (Å²) in [6.45, 7) is 6.25. The Morgan fingerprint density at radius 1 is 0.702 bits per heavy atom. The van der Waals surface area contributed by atoms with Gasteiger partial charge in [0, 0.05) is 27.8 Å². The topological polar surface area (TPSA) is 35.9 Å². The van der Waals surface area contributed by atoms with Gasteiger partial charge in [-0.3, -0.25) is 5.41 Å². The van der Waals surface area contributed by atoms with Crippen LogP contribution >= 0.6 is 0 Å². The first-order chi connectivity index (χ1) is 23.0. The predicted octanol–water partition coefficient (Wildman–Crippen LogP) is 11.3. The van der Waals surface area contributed by atoms with E-state index < -0.39 is 0 Å². The standard InChI is InChI=1S/C42H33FN2.C2H6/c1-42(25-9-4-10-26-42)35-22-19-32(20-23-35)39(40(44)33-17-15-30(16-18-33)29-11-5-2-6-12-29)41-37-28-36(43)24-21-34(37)27-38(45-41)31-13-7-3-8-14-31;1-2/h2-25,27-28,44-45H,26H2,1H3;1-2H3/b41-39-,44-40?;. The highest BCUT2D eigenvalue weighted by atomic mass is 19.1. The van der Waals surface area contributed by atoms with Gasteiger partial charge in [0.2, 0.25) is 0 Å². The van der Waals surface area contributed by atoms with E-state index in [1.54, 1.807) is 6.07 Å². The second-order valence-electron chi connectivity index (χ2n) is 11.8. The molecular formula is C44H39FN2.